The van der Waals surface area contributed by atoms with Gasteiger partial charge in [0, 0.05) is 51.7 Å². The fourth-order valence-electron chi connectivity index (χ4n) is 4.66. The Morgan fingerprint density at radius 2 is 1.72 bits per heavy atom. The van der Waals surface area contributed by atoms with Gasteiger partial charge in [0.15, 0.2) is 0 Å². The van der Waals surface area contributed by atoms with Crippen molar-refractivity contribution < 1.29 is 52.7 Å². The van der Waals surface area contributed by atoms with E-state index < -0.39 is 56.4 Å². The van der Waals surface area contributed by atoms with Gasteiger partial charge in [-0.3, -0.25) is 29.4 Å². The number of ether oxygens (including phenoxy) is 1. The maximum Gasteiger partial charge on any atom is 0.480 e. The zero-order chi connectivity index (χ0) is 34.4. The van der Waals surface area contributed by atoms with Crippen LogP contribution in [-0.4, -0.2) is 118 Å². The second kappa shape index (κ2) is 18.4. The van der Waals surface area contributed by atoms with Crippen LogP contribution in [0, 0.1) is 5.92 Å². The molecule has 256 valence electrons. The molecular weight excluding hydrogens is 638 g/mol. The molecule has 19 heteroatoms. The third-order valence-electron chi connectivity index (χ3n) is 6.93. The number of aliphatic carboxylic acids is 1. The van der Waals surface area contributed by atoms with Crippen molar-refractivity contribution in [3.63, 3.8) is 0 Å². The highest BCUT2D eigenvalue weighted by Crippen LogP contribution is 2.39. The van der Waals surface area contributed by atoms with Crippen molar-refractivity contribution in [1.82, 2.24) is 30.8 Å². The number of nitrogens with one attached hydrogen (secondary N) is 3. The average molecular weight is 678 g/mol. The Morgan fingerprint density at radius 3 is 2.30 bits per heavy atom. The summed E-state index contributed by atoms with van der Waals surface area (Å²) in [6.07, 6.45) is 3.61. The van der Waals surface area contributed by atoms with Crippen molar-refractivity contribution in [3.05, 3.63) is 60.2 Å². The highest BCUT2D eigenvalue weighted by Gasteiger charge is 2.38. The summed E-state index contributed by atoms with van der Waals surface area (Å²) in [5.41, 5.74) is 0.918. The molecule has 0 spiro atoms. The lowest BCUT2D eigenvalue weighted by molar-refractivity contribution is -0.137. The van der Waals surface area contributed by atoms with Crippen LogP contribution in [0.2, 0.25) is 0 Å². The molecule has 1 aliphatic heterocycles. The highest BCUT2D eigenvalue weighted by molar-refractivity contribution is 7.53. The second-order valence-electron chi connectivity index (χ2n) is 11.1. The van der Waals surface area contributed by atoms with E-state index in [2.05, 4.69) is 20.6 Å². The van der Waals surface area contributed by atoms with E-state index in [-0.39, 0.29) is 44.4 Å². The first-order chi connectivity index (χ1) is 22.3. The van der Waals surface area contributed by atoms with Crippen molar-refractivity contribution in [2.24, 2.45) is 5.92 Å². The molecule has 0 radical (unpaired) electrons. The Balaban J connectivity index is 1.58. The molecule has 2 heterocycles. The number of aromatic nitrogens is 2. The van der Waals surface area contributed by atoms with Gasteiger partial charge < -0.3 is 39.6 Å². The van der Waals surface area contributed by atoms with E-state index in [1.807, 2.05) is 49.1 Å². The lowest BCUT2D eigenvalue weighted by Crippen LogP contribution is -2.57. The second-order valence-corrected chi connectivity index (χ2v) is 12.8. The Hall–Kier alpha value is -3.93. The predicted molar refractivity (Wildman–Crippen MR) is 167 cm³/mol. The number of carbonyl (C=O) groups excluding carboxylic acids is 3. The van der Waals surface area contributed by atoms with Crippen LogP contribution in [0.15, 0.2) is 48.9 Å². The van der Waals surface area contributed by atoms with E-state index in [4.69, 9.17) is 28.9 Å². The maximum absolute atomic E-state index is 13.7. The van der Waals surface area contributed by atoms with Crippen LogP contribution in [0.1, 0.15) is 36.3 Å². The molecule has 1 saturated heterocycles. The number of amides is 3. The first-order valence-electron chi connectivity index (χ1n) is 14.9. The number of nitrogens with zero attached hydrogens (tertiary/aromatic N) is 3. The van der Waals surface area contributed by atoms with E-state index >= 15 is 0 Å². The Kier molecular flexibility index (Phi) is 14.7. The first-order valence-corrected chi connectivity index (χ1v) is 16.6. The summed E-state index contributed by atoms with van der Waals surface area (Å²) in [4.78, 5) is 77.5. The van der Waals surface area contributed by atoms with E-state index in [1.54, 1.807) is 5.32 Å². The molecule has 1 fully saturated rings. The number of benzene rings is 1. The van der Waals surface area contributed by atoms with Crippen LogP contribution < -0.4 is 16.0 Å². The lowest BCUT2D eigenvalue weighted by Gasteiger charge is -2.32. The first kappa shape index (κ1) is 37.5. The lowest BCUT2D eigenvalue weighted by atomic mass is 9.73. The molecule has 0 bridgehead atoms. The molecule has 1 aromatic heterocycles. The van der Waals surface area contributed by atoms with Crippen LogP contribution >= 0.6 is 7.60 Å². The topological polar surface area (TPSA) is 239 Å². The van der Waals surface area contributed by atoms with Crippen LogP contribution in [0.3, 0.4) is 0 Å². The van der Waals surface area contributed by atoms with Gasteiger partial charge in [-0.25, -0.2) is 14.6 Å². The van der Waals surface area contributed by atoms with E-state index in [0.717, 1.165) is 5.56 Å². The highest BCUT2D eigenvalue weighted by atomic mass is 31.2. The standard InChI is InChI=1S/C28H40BN6O11P/c1-19(2)16-23(33-24(36)21(17-20-6-4-3-5-7-20)32-25(37)22-18-30-8-9-31-22)29-45-14-11-35(12-15-46-29)10-13-44-28(40)34-26(27(38)39)47(41,42)43/h3-9,18-19,21,23,26H,10-17H2,1-2H3,(H,32,37)(H,33,36)(H,34,40)(H,38,39)(H2,41,42,43)/t21-,23-,26?/m1/s1. The molecule has 17 nitrogen and oxygen atoms in total. The summed E-state index contributed by atoms with van der Waals surface area (Å²) in [5, 5.41) is 16.4. The Morgan fingerprint density at radius 1 is 1.04 bits per heavy atom. The SMILES string of the molecule is CC(C)C[C@@H](NC(=O)[C@@H](Cc1ccccc1)NC(=O)c1cnccn1)B1OCCN(CCOC(=O)NC(C(=O)O)P(=O)(O)O)CCO1. The predicted octanol–water partition coefficient (Wildman–Crippen LogP) is 0.0394. The summed E-state index contributed by atoms with van der Waals surface area (Å²) in [6, 6.07) is 8.33. The van der Waals surface area contributed by atoms with Crippen LogP contribution in [0.25, 0.3) is 0 Å². The van der Waals surface area contributed by atoms with Gasteiger partial charge in [0.1, 0.15) is 18.3 Å². The number of carboxylic acid groups (broad SMARTS) is 1. The van der Waals surface area contributed by atoms with Gasteiger partial charge in [-0.15, -0.1) is 0 Å². The van der Waals surface area contributed by atoms with Crippen molar-refractivity contribution in [2.75, 3.05) is 39.5 Å². The van der Waals surface area contributed by atoms with Gasteiger partial charge in [0.2, 0.25) is 11.7 Å². The third-order valence-corrected chi connectivity index (χ3v) is 7.95. The number of hydrogen-bond acceptors (Lipinski definition) is 11. The van der Waals surface area contributed by atoms with Gasteiger partial charge in [-0.2, -0.15) is 0 Å². The van der Waals surface area contributed by atoms with Gasteiger partial charge in [0.05, 0.1) is 12.1 Å². The molecule has 2 aromatic rings. The summed E-state index contributed by atoms with van der Waals surface area (Å²) in [5.74, 6) is -5.68. The zero-order valence-corrected chi connectivity index (χ0v) is 27.0. The molecule has 1 unspecified atom stereocenters. The molecule has 47 heavy (non-hydrogen) atoms. The Labute approximate surface area is 272 Å². The number of carboxylic acids is 1. The molecule has 3 amide bonds. The summed E-state index contributed by atoms with van der Waals surface area (Å²) < 4.78 is 28.2. The van der Waals surface area contributed by atoms with Gasteiger partial charge in [-0.05, 0) is 17.9 Å². The summed E-state index contributed by atoms with van der Waals surface area (Å²) in [7, 11) is -5.93. The smallest absolute Gasteiger partial charge is 0.479 e. The quantitative estimate of drug-likeness (QED) is 0.108. The third kappa shape index (κ3) is 13.0. The number of rotatable bonds is 15. The van der Waals surface area contributed by atoms with E-state index in [1.165, 1.54) is 18.6 Å². The number of hydrogen-bond donors (Lipinski definition) is 6. The van der Waals surface area contributed by atoms with Gasteiger partial charge in [-0.1, -0.05) is 44.2 Å². The molecule has 0 aliphatic carbocycles. The molecule has 6 N–H and O–H groups in total. The van der Waals surface area contributed by atoms with Crippen molar-refractivity contribution in [3.8, 4) is 0 Å². The van der Waals surface area contributed by atoms with Crippen molar-refractivity contribution >= 4 is 38.6 Å². The van der Waals surface area contributed by atoms with Gasteiger partial charge >= 0.3 is 26.8 Å². The van der Waals surface area contributed by atoms with Gasteiger partial charge in [0.25, 0.3) is 5.91 Å². The average Bonchev–Trinajstić information content (AvgIpc) is 3.00. The molecule has 1 aliphatic rings. The summed E-state index contributed by atoms with van der Waals surface area (Å²) >= 11 is 0. The van der Waals surface area contributed by atoms with Crippen LogP contribution in [0.5, 0.6) is 0 Å². The monoisotopic (exact) mass is 678 g/mol. The molecule has 0 saturated carbocycles. The normalized spacial score (nSPS) is 16.2. The fourth-order valence-corrected chi connectivity index (χ4v) is 5.22. The molecular formula is C28H40BN6O11P. The summed E-state index contributed by atoms with van der Waals surface area (Å²) in [6.45, 7) is 5.19. The van der Waals surface area contributed by atoms with E-state index in [0.29, 0.717) is 19.5 Å². The zero-order valence-electron chi connectivity index (χ0n) is 26.1. The molecule has 3 rings (SSSR count). The minimum atomic E-state index is -5.13. The Bertz CT molecular complexity index is 1360. The van der Waals surface area contributed by atoms with Crippen molar-refractivity contribution in [2.45, 2.75) is 44.5 Å². The van der Waals surface area contributed by atoms with Crippen LogP contribution in [-0.2, 0) is 34.6 Å². The molecule has 1 aromatic carbocycles. The minimum absolute atomic E-state index is 0.0740. The number of alkyl carbamates (subject to hydrolysis) is 1. The largest absolute Gasteiger partial charge is 0.480 e. The number of carbonyl (C=O) groups is 4. The van der Waals surface area contributed by atoms with E-state index in [9.17, 15) is 23.7 Å². The fraction of sp³-hybridized carbons (Fsp3) is 0.500. The molecule has 3 atom stereocenters. The van der Waals surface area contributed by atoms with Crippen molar-refractivity contribution in [1.29, 1.82) is 0 Å². The maximum atomic E-state index is 13.7. The van der Waals surface area contributed by atoms with Crippen LogP contribution in [0.4, 0.5) is 4.79 Å². The minimum Gasteiger partial charge on any atom is -0.479 e.